The first kappa shape index (κ1) is 24.6. The number of thioether (sulfide) groups is 1. The van der Waals surface area contributed by atoms with E-state index in [2.05, 4.69) is 5.32 Å². The normalized spacial score (nSPS) is 11.5. The van der Waals surface area contributed by atoms with Crippen LogP contribution in [0.5, 0.6) is 0 Å². The van der Waals surface area contributed by atoms with Crippen LogP contribution < -0.4 is 5.32 Å². The summed E-state index contributed by atoms with van der Waals surface area (Å²) in [5, 5.41) is 3.02. The molecule has 0 aromatic heterocycles. The molecule has 0 saturated carbocycles. The minimum atomic E-state index is -0.562. The Balaban J connectivity index is 1.80. The molecule has 3 rings (SSSR count). The van der Waals surface area contributed by atoms with E-state index in [1.165, 1.54) is 0 Å². The SMILES string of the molecule is CCCNC(=O)[C@@H](Cc1ccccc1)N(Cc1ccccc1)C(=O)CCSc1ccccc1. The predicted molar refractivity (Wildman–Crippen MR) is 136 cm³/mol. The molecule has 0 bridgehead atoms. The highest BCUT2D eigenvalue weighted by Crippen LogP contribution is 2.20. The lowest BCUT2D eigenvalue weighted by Gasteiger charge is -2.31. The van der Waals surface area contributed by atoms with Crippen LogP contribution >= 0.6 is 11.8 Å². The summed E-state index contributed by atoms with van der Waals surface area (Å²) < 4.78 is 0. The van der Waals surface area contributed by atoms with Crippen LogP contribution in [0.3, 0.4) is 0 Å². The van der Waals surface area contributed by atoms with Gasteiger partial charge < -0.3 is 10.2 Å². The fourth-order valence-electron chi connectivity index (χ4n) is 3.62. The Morgan fingerprint density at radius 3 is 2.03 bits per heavy atom. The van der Waals surface area contributed by atoms with Gasteiger partial charge in [-0.2, -0.15) is 0 Å². The van der Waals surface area contributed by atoms with E-state index in [4.69, 9.17) is 0 Å². The van der Waals surface area contributed by atoms with Crippen LogP contribution in [0.4, 0.5) is 0 Å². The summed E-state index contributed by atoms with van der Waals surface area (Å²) in [4.78, 5) is 29.6. The van der Waals surface area contributed by atoms with Gasteiger partial charge in [0.05, 0.1) is 0 Å². The molecule has 0 aliphatic rings. The van der Waals surface area contributed by atoms with Gasteiger partial charge in [0, 0.05) is 36.6 Å². The topological polar surface area (TPSA) is 49.4 Å². The number of amides is 2. The highest BCUT2D eigenvalue weighted by atomic mass is 32.2. The molecule has 3 aromatic rings. The second-order valence-electron chi connectivity index (χ2n) is 7.92. The fourth-order valence-corrected chi connectivity index (χ4v) is 4.48. The second kappa shape index (κ2) is 13.5. The number of hydrogen-bond donors (Lipinski definition) is 1. The Morgan fingerprint density at radius 2 is 1.42 bits per heavy atom. The van der Waals surface area contributed by atoms with Crippen molar-refractivity contribution in [2.75, 3.05) is 12.3 Å². The maximum absolute atomic E-state index is 13.5. The summed E-state index contributed by atoms with van der Waals surface area (Å²) in [6.45, 7) is 3.04. The van der Waals surface area contributed by atoms with Gasteiger partial charge in [0.15, 0.2) is 0 Å². The molecule has 0 spiro atoms. The lowest BCUT2D eigenvalue weighted by atomic mass is 10.0. The van der Waals surface area contributed by atoms with Crippen molar-refractivity contribution < 1.29 is 9.59 Å². The number of nitrogens with one attached hydrogen (secondary N) is 1. The van der Waals surface area contributed by atoms with E-state index in [9.17, 15) is 9.59 Å². The third kappa shape index (κ3) is 8.10. The molecule has 172 valence electrons. The van der Waals surface area contributed by atoms with Gasteiger partial charge in [-0.25, -0.2) is 0 Å². The first-order chi connectivity index (χ1) is 16.2. The van der Waals surface area contributed by atoms with Crippen molar-refractivity contribution in [3.63, 3.8) is 0 Å². The Bertz CT molecular complexity index is 981. The van der Waals surface area contributed by atoms with E-state index >= 15 is 0 Å². The fraction of sp³-hybridized carbons (Fsp3) is 0.286. The van der Waals surface area contributed by atoms with Crippen LogP contribution in [0.2, 0.25) is 0 Å². The average Bonchev–Trinajstić information content (AvgIpc) is 2.86. The van der Waals surface area contributed by atoms with Gasteiger partial charge in [-0.3, -0.25) is 9.59 Å². The zero-order valence-electron chi connectivity index (χ0n) is 19.2. The van der Waals surface area contributed by atoms with Gasteiger partial charge >= 0.3 is 0 Å². The molecule has 0 saturated heterocycles. The maximum Gasteiger partial charge on any atom is 0.243 e. The largest absolute Gasteiger partial charge is 0.354 e. The van der Waals surface area contributed by atoms with Crippen LogP contribution in [-0.2, 0) is 22.6 Å². The molecule has 33 heavy (non-hydrogen) atoms. The lowest BCUT2D eigenvalue weighted by molar-refractivity contribution is -0.141. The number of benzene rings is 3. The number of carbonyl (C=O) groups excluding carboxylic acids is 2. The lowest BCUT2D eigenvalue weighted by Crippen LogP contribution is -2.50. The van der Waals surface area contributed by atoms with E-state index in [-0.39, 0.29) is 11.8 Å². The van der Waals surface area contributed by atoms with Gasteiger partial charge in [0.25, 0.3) is 0 Å². The second-order valence-corrected chi connectivity index (χ2v) is 9.08. The molecule has 1 atom stereocenters. The van der Waals surface area contributed by atoms with E-state index in [0.29, 0.717) is 31.7 Å². The van der Waals surface area contributed by atoms with Crippen LogP contribution in [0.15, 0.2) is 95.9 Å². The molecule has 1 N–H and O–H groups in total. The van der Waals surface area contributed by atoms with E-state index in [0.717, 1.165) is 22.4 Å². The average molecular weight is 461 g/mol. The van der Waals surface area contributed by atoms with Gasteiger partial charge in [-0.15, -0.1) is 11.8 Å². The van der Waals surface area contributed by atoms with Gasteiger partial charge in [0.2, 0.25) is 11.8 Å². The van der Waals surface area contributed by atoms with Crippen molar-refractivity contribution in [1.82, 2.24) is 10.2 Å². The summed E-state index contributed by atoms with van der Waals surface area (Å²) >= 11 is 1.66. The number of hydrogen-bond acceptors (Lipinski definition) is 3. The Hall–Kier alpha value is -3.05. The van der Waals surface area contributed by atoms with E-state index in [1.807, 2.05) is 97.9 Å². The molecular formula is C28H32N2O2S. The quantitative estimate of drug-likeness (QED) is 0.372. The summed E-state index contributed by atoms with van der Waals surface area (Å²) in [5.41, 5.74) is 2.06. The first-order valence-corrected chi connectivity index (χ1v) is 12.5. The first-order valence-electron chi connectivity index (χ1n) is 11.5. The van der Waals surface area contributed by atoms with E-state index < -0.39 is 6.04 Å². The molecule has 4 nitrogen and oxygen atoms in total. The molecular weight excluding hydrogens is 428 g/mol. The van der Waals surface area contributed by atoms with Gasteiger partial charge in [-0.05, 0) is 29.7 Å². The summed E-state index contributed by atoms with van der Waals surface area (Å²) in [5.74, 6) is 0.568. The highest BCUT2D eigenvalue weighted by Gasteiger charge is 2.29. The molecule has 5 heteroatoms. The van der Waals surface area contributed by atoms with Crippen LogP contribution in [0.25, 0.3) is 0 Å². The molecule has 0 aliphatic heterocycles. The number of rotatable bonds is 12. The molecule has 0 unspecified atom stereocenters. The molecule has 2 amide bonds. The Labute approximate surface area is 201 Å². The third-order valence-electron chi connectivity index (χ3n) is 5.34. The molecule has 0 fully saturated rings. The van der Waals surface area contributed by atoms with Crippen molar-refractivity contribution in [3.05, 3.63) is 102 Å². The Morgan fingerprint density at radius 1 is 0.848 bits per heavy atom. The minimum absolute atomic E-state index is 0.00476. The zero-order chi connectivity index (χ0) is 23.3. The third-order valence-corrected chi connectivity index (χ3v) is 6.36. The zero-order valence-corrected chi connectivity index (χ0v) is 20.0. The van der Waals surface area contributed by atoms with Gasteiger partial charge in [-0.1, -0.05) is 85.8 Å². The van der Waals surface area contributed by atoms with Crippen molar-refractivity contribution in [1.29, 1.82) is 0 Å². The number of carbonyl (C=O) groups is 2. The Kier molecular flexibility index (Phi) is 10.0. The van der Waals surface area contributed by atoms with Crippen molar-refractivity contribution in [2.24, 2.45) is 0 Å². The summed E-state index contributed by atoms with van der Waals surface area (Å²) in [6.07, 6.45) is 1.71. The summed E-state index contributed by atoms with van der Waals surface area (Å²) in [7, 11) is 0. The summed E-state index contributed by atoms with van der Waals surface area (Å²) in [6, 6.07) is 29.3. The smallest absolute Gasteiger partial charge is 0.243 e. The number of nitrogens with zero attached hydrogens (tertiary/aromatic N) is 1. The van der Waals surface area contributed by atoms with Crippen LogP contribution in [0.1, 0.15) is 30.9 Å². The molecule has 0 aliphatic carbocycles. The van der Waals surface area contributed by atoms with Crippen molar-refractivity contribution in [2.45, 2.75) is 43.7 Å². The molecule has 3 aromatic carbocycles. The maximum atomic E-state index is 13.5. The highest BCUT2D eigenvalue weighted by molar-refractivity contribution is 7.99. The molecule has 0 radical (unpaired) electrons. The van der Waals surface area contributed by atoms with Crippen LogP contribution in [-0.4, -0.2) is 35.1 Å². The molecule has 0 heterocycles. The van der Waals surface area contributed by atoms with Crippen molar-refractivity contribution in [3.8, 4) is 0 Å². The minimum Gasteiger partial charge on any atom is -0.354 e. The van der Waals surface area contributed by atoms with Crippen LogP contribution in [0, 0.1) is 0 Å². The van der Waals surface area contributed by atoms with Gasteiger partial charge in [0.1, 0.15) is 6.04 Å². The van der Waals surface area contributed by atoms with Crippen molar-refractivity contribution >= 4 is 23.6 Å². The predicted octanol–water partition coefficient (Wildman–Crippen LogP) is 5.34. The van der Waals surface area contributed by atoms with E-state index in [1.54, 1.807) is 16.7 Å². The monoisotopic (exact) mass is 460 g/mol. The standard InChI is InChI=1S/C28H32N2O2S/c1-2-19-29-28(32)26(21-23-12-6-3-7-13-23)30(22-24-14-8-4-9-15-24)27(31)18-20-33-25-16-10-5-11-17-25/h3-17,26H,2,18-22H2,1H3,(H,29,32)/t26-/m1/s1.